The predicted octanol–water partition coefficient (Wildman–Crippen LogP) is 3.53. The molecule has 1 N–H and O–H groups in total. The van der Waals surface area contributed by atoms with E-state index in [2.05, 4.69) is 27.4 Å². The lowest BCUT2D eigenvalue weighted by molar-refractivity contribution is -0.0362. The third-order valence-corrected chi connectivity index (χ3v) is 5.32. The fraction of sp³-hybridized carbons (Fsp3) is 0.214. The van der Waals surface area contributed by atoms with Gasteiger partial charge in [-0.25, -0.2) is 4.79 Å². The van der Waals surface area contributed by atoms with E-state index in [4.69, 9.17) is 9.84 Å². The molecule has 1 aliphatic rings. The van der Waals surface area contributed by atoms with Gasteiger partial charge in [-0.15, -0.1) is 11.3 Å². The van der Waals surface area contributed by atoms with Gasteiger partial charge in [0.1, 0.15) is 0 Å². The number of carboxylic acid groups (broad SMARTS) is 1. The highest BCUT2D eigenvalue weighted by molar-refractivity contribution is 9.10. The molecule has 0 unspecified atom stereocenters. The molecule has 0 radical (unpaired) electrons. The molecule has 1 aromatic heterocycles. The van der Waals surface area contributed by atoms with E-state index in [1.807, 2.05) is 12.1 Å². The topological polar surface area (TPSA) is 46.5 Å². The highest BCUT2D eigenvalue weighted by Gasteiger charge is 2.43. The van der Waals surface area contributed by atoms with Crippen molar-refractivity contribution in [3.05, 3.63) is 56.2 Å². The molecule has 0 saturated carbocycles. The molecule has 1 fully saturated rings. The maximum atomic E-state index is 10.9. The Morgan fingerprint density at radius 3 is 2.42 bits per heavy atom. The summed E-state index contributed by atoms with van der Waals surface area (Å²) in [5.41, 5.74) is 1.30. The summed E-state index contributed by atoms with van der Waals surface area (Å²) in [5, 5.41) is 11.0. The molecule has 19 heavy (non-hydrogen) atoms. The first-order chi connectivity index (χ1) is 9.12. The number of aromatic carboxylic acids is 1. The Bertz CT molecular complexity index is 614. The van der Waals surface area contributed by atoms with Gasteiger partial charge in [0.2, 0.25) is 0 Å². The van der Waals surface area contributed by atoms with Crippen LogP contribution in [-0.4, -0.2) is 24.3 Å². The summed E-state index contributed by atoms with van der Waals surface area (Å²) in [6.07, 6.45) is 0. The van der Waals surface area contributed by atoms with Crippen LogP contribution in [0.2, 0.25) is 0 Å². The van der Waals surface area contributed by atoms with Crippen molar-refractivity contribution in [3.63, 3.8) is 0 Å². The number of halogens is 1. The molecule has 2 heterocycles. The Morgan fingerprint density at radius 1 is 1.32 bits per heavy atom. The first-order valence-electron chi connectivity index (χ1n) is 5.78. The minimum absolute atomic E-state index is 0.117. The van der Waals surface area contributed by atoms with E-state index in [1.165, 1.54) is 4.88 Å². The number of carboxylic acids is 1. The molecular weight excluding hydrogens is 328 g/mol. The molecule has 3 rings (SSSR count). The van der Waals surface area contributed by atoms with Crippen molar-refractivity contribution >= 4 is 33.2 Å². The van der Waals surface area contributed by atoms with E-state index in [-0.39, 0.29) is 5.41 Å². The van der Waals surface area contributed by atoms with Gasteiger partial charge in [0.15, 0.2) is 0 Å². The highest BCUT2D eigenvalue weighted by atomic mass is 79.9. The molecule has 0 amide bonds. The smallest absolute Gasteiger partial charge is 0.335 e. The van der Waals surface area contributed by atoms with E-state index in [0.717, 1.165) is 10.0 Å². The summed E-state index contributed by atoms with van der Waals surface area (Å²) in [5.74, 6) is -0.899. The van der Waals surface area contributed by atoms with E-state index >= 15 is 0 Å². The van der Waals surface area contributed by atoms with Crippen LogP contribution in [0.3, 0.4) is 0 Å². The molecule has 0 bridgehead atoms. The maximum Gasteiger partial charge on any atom is 0.335 e. The fourth-order valence-electron chi connectivity index (χ4n) is 2.25. The van der Waals surface area contributed by atoms with Crippen LogP contribution in [0.25, 0.3) is 0 Å². The molecule has 0 atom stereocenters. The number of hydrogen-bond donors (Lipinski definition) is 1. The normalized spacial score (nSPS) is 16.9. The van der Waals surface area contributed by atoms with E-state index in [9.17, 15) is 4.79 Å². The van der Waals surface area contributed by atoms with Crippen LogP contribution in [0.5, 0.6) is 0 Å². The van der Waals surface area contributed by atoms with Gasteiger partial charge in [-0.3, -0.25) is 0 Å². The average Bonchev–Trinajstić information content (AvgIpc) is 2.75. The van der Waals surface area contributed by atoms with Crippen molar-refractivity contribution in [1.82, 2.24) is 0 Å². The van der Waals surface area contributed by atoms with Crippen molar-refractivity contribution in [2.45, 2.75) is 5.41 Å². The number of benzene rings is 1. The molecule has 0 spiro atoms. The summed E-state index contributed by atoms with van der Waals surface area (Å²) >= 11 is 5.17. The van der Waals surface area contributed by atoms with Crippen LogP contribution in [0, 0.1) is 0 Å². The second kappa shape index (κ2) is 4.74. The summed E-state index contributed by atoms with van der Waals surface area (Å²) < 4.78 is 6.48. The van der Waals surface area contributed by atoms with Crippen LogP contribution in [0.1, 0.15) is 20.8 Å². The van der Waals surface area contributed by atoms with Gasteiger partial charge in [0.25, 0.3) is 0 Å². The van der Waals surface area contributed by atoms with Crippen LogP contribution in [-0.2, 0) is 10.2 Å². The molecule has 5 heteroatoms. The van der Waals surface area contributed by atoms with Crippen molar-refractivity contribution in [1.29, 1.82) is 0 Å². The van der Waals surface area contributed by atoms with E-state index < -0.39 is 5.97 Å². The monoisotopic (exact) mass is 338 g/mol. The van der Waals surface area contributed by atoms with Crippen LogP contribution < -0.4 is 0 Å². The molecule has 3 nitrogen and oxygen atoms in total. The van der Waals surface area contributed by atoms with Gasteiger partial charge in [-0.1, -0.05) is 12.1 Å². The van der Waals surface area contributed by atoms with Gasteiger partial charge in [0, 0.05) is 14.7 Å². The van der Waals surface area contributed by atoms with Gasteiger partial charge >= 0.3 is 5.97 Å². The van der Waals surface area contributed by atoms with Crippen LogP contribution in [0.4, 0.5) is 0 Å². The zero-order valence-corrected chi connectivity index (χ0v) is 12.3. The highest BCUT2D eigenvalue weighted by Crippen LogP contribution is 2.42. The zero-order chi connectivity index (χ0) is 13.5. The predicted molar refractivity (Wildman–Crippen MR) is 77.0 cm³/mol. The van der Waals surface area contributed by atoms with Gasteiger partial charge in [-0.05, 0) is 39.7 Å². The third-order valence-electron chi connectivity index (χ3n) is 3.42. The Morgan fingerprint density at radius 2 is 2.00 bits per heavy atom. The SMILES string of the molecule is O=C(O)c1ccc(C2(c3cc(Br)cs3)COC2)cc1. The van der Waals surface area contributed by atoms with Gasteiger partial charge in [-0.2, -0.15) is 0 Å². The van der Waals surface area contributed by atoms with Crippen molar-refractivity contribution in [2.24, 2.45) is 0 Å². The number of thiophene rings is 1. The van der Waals surface area contributed by atoms with Crippen molar-refractivity contribution < 1.29 is 14.6 Å². The first kappa shape index (κ1) is 12.8. The molecular formula is C14H11BrO3S. The molecule has 1 saturated heterocycles. The average molecular weight is 339 g/mol. The summed E-state index contributed by atoms with van der Waals surface area (Å²) in [6, 6.07) is 9.19. The summed E-state index contributed by atoms with van der Waals surface area (Å²) in [6.45, 7) is 1.29. The quantitative estimate of drug-likeness (QED) is 0.931. The number of rotatable bonds is 3. The Labute approximate surface area is 123 Å². The second-order valence-electron chi connectivity index (χ2n) is 4.59. The van der Waals surface area contributed by atoms with Crippen LogP contribution in [0.15, 0.2) is 40.2 Å². The largest absolute Gasteiger partial charge is 0.478 e. The Balaban J connectivity index is 2.00. The van der Waals surface area contributed by atoms with Crippen molar-refractivity contribution in [3.8, 4) is 0 Å². The number of ether oxygens (including phenoxy) is 1. The Kier molecular flexibility index (Phi) is 3.20. The van der Waals surface area contributed by atoms with Gasteiger partial charge in [0.05, 0.1) is 24.2 Å². The second-order valence-corrected chi connectivity index (χ2v) is 6.41. The molecule has 0 aliphatic carbocycles. The lowest BCUT2D eigenvalue weighted by Gasteiger charge is -2.41. The van der Waals surface area contributed by atoms with Gasteiger partial charge < -0.3 is 9.84 Å². The minimum atomic E-state index is -0.899. The van der Waals surface area contributed by atoms with Crippen molar-refractivity contribution in [2.75, 3.05) is 13.2 Å². The molecule has 98 valence electrons. The molecule has 1 aromatic carbocycles. The number of hydrogen-bond acceptors (Lipinski definition) is 3. The lowest BCUT2D eigenvalue weighted by atomic mass is 9.77. The number of carbonyl (C=O) groups is 1. The Hall–Kier alpha value is -1.17. The minimum Gasteiger partial charge on any atom is -0.478 e. The fourth-order valence-corrected chi connectivity index (χ4v) is 3.88. The standard InChI is InChI=1S/C14H11BrO3S/c15-11-5-12(19-6-11)14(7-18-8-14)10-3-1-9(2-4-10)13(16)17/h1-6H,7-8H2,(H,16,17). The molecule has 2 aromatic rings. The zero-order valence-electron chi connectivity index (χ0n) is 9.93. The lowest BCUT2D eigenvalue weighted by Crippen LogP contribution is -2.47. The molecule has 1 aliphatic heterocycles. The van der Waals surface area contributed by atoms with E-state index in [0.29, 0.717) is 18.8 Å². The summed E-state index contributed by atoms with van der Waals surface area (Å²) in [7, 11) is 0. The first-order valence-corrected chi connectivity index (χ1v) is 7.45. The maximum absolute atomic E-state index is 10.9. The summed E-state index contributed by atoms with van der Waals surface area (Å²) in [4.78, 5) is 12.1. The van der Waals surface area contributed by atoms with E-state index in [1.54, 1.807) is 23.5 Å². The third kappa shape index (κ3) is 2.12. The van der Waals surface area contributed by atoms with Crippen LogP contribution >= 0.6 is 27.3 Å².